The molecule has 0 rings (SSSR count). The van der Waals surface area contributed by atoms with E-state index in [0.717, 1.165) is 0 Å². The second-order valence-electron chi connectivity index (χ2n) is 4.45. The molecule has 0 fully saturated rings. The van der Waals surface area contributed by atoms with Crippen LogP contribution in [0.4, 0.5) is 0 Å². The lowest BCUT2D eigenvalue weighted by Gasteiger charge is -2.29. The minimum absolute atomic E-state index is 0.383. The SMILES string of the molecule is CC(=O)N[C@@H](C(=O)O)[C@H](C)OC(C)(C)C. The molecular formula is C10H19NO4. The molecule has 0 saturated carbocycles. The molecule has 0 bridgehead atoms. The number of carboxylic acid groups (broad SMARTS) is 1. The number of carbonyl (C=O) groups is 2. The van der Waals surface area contributed by atoms with Gasteiger partial charge in [0.25, 0.3) is 0 Å². The molecule has 0 aliphatic heterocycles. The van der Waals surface area contributed by atoms with Crippen molar-refractivity contribution >= 4 is 11.9 Å². The first-order valence-electron chi connectivity index (χ1n) is 4.81. The van der Waals surface area contributed by atoms with Gasteiger partial charge < -0.3 is 15.2 Å². The van der Waals surface area contributed by atoms with E-state index in [1.54, 1.807) is 6.92 Å². The largest absolute Gasteiger partial charge is 0.480 e. The molecule has 0 spiro atoms. The van der Waals surface area contributed by atoms with E-state index in [2.05, 4.69) is 5.32 Å². The van der Waals surface area contributed by atoms with E-state index in [0.29, 0.717) is 0 Å². The predicted molar refractivity (Wildman–Crippen MR) is 55.5 cm³/mol. The molecule has 5 heteroatoms. The van der Waals surface area contributed by atoms with Gasteiger partial charge in [-0.25, -0.2) is 4.79 Å². The van der Waals surface area contributed by atoms with Crippen LogP contribution in [0.5, 0.6) is 0 Å². The van der Waals surface area contributed by atoms with Crippen molar-refractivity contribution in [2.75, 3.05) is 0 Å². The van der Waals surface area contributed by atoms with E-state index in [-0.39, 0.29) is 5.91 Å². The molecule has 1 amide bonds. The van der Waals surface area contributed by atoms with Crippen LogP contribution in [-0.4, -0.2) is 34.7 Å². The number of aliphatic carboxylic acids is 1. The van der Waals surface area contributed by atoms with Gasteiger partial charge in [-0.05, 0) is 27.7 Å². The number of amides is 1. The highest BCUT2D eigenvalue weighted by Crippen LogP contribution is 2.13. The molecule has 0 aromatic carbocycles. The van der Waals surface area contributed by atoms with Crippen LogP contribution < -0.4 is 5.32 Å². The topological polar surface area (TPSA) is 75.6 Å². The first-order valence-corrected chi connectivity index (χ1v) is 4.81. The number of ether oxygens (including phenoxy) is 1. The fourth-order valence-electron chi connectivity index (χ4n) is 1.22. The minimum Gasteiger partial charge on any atom is -0.480 e. The van der Waals surface area contributed by atoms with Crippen LogP contribution in [0.2, 0.25) is 0 Å². The molecule has 2 N–H and O–H groups in total. The normalized spacial score (nSPS) is 15.5. The van der Waals surface area contributed by atoms with Gasteiger partial charge in [-0.15, -0.1) is 0 Å². The molecule has 88 valence electrons. The Kier molecular flexibility index (Phi) is 4.74. The molecule has 0 aliphatic carbocycles. The van der Waals surface area contributed by atoms with Crippen molar-refractivity contribution in [3.8, 4) is 0 Å². The van der Waals surface area contributed by atoms with Gasteiger partial charge in [-0.3, -0.25) is 4.79 Å². The smallest absolute Gasteiger partial charge is 0.328 e. The molecular weight excluding hydrogens is 198 g/mol. The van der Waals surface area contributed by atoms with E-state index >= 15 is 0 Å². The molecule has 0 radical (unpaired) electrons. The second kappa shape index (κ2) is 5.11. The molecule has 2 atom stereocenters. The number of carbonyl (C=O) groups excluding carboxylic acids is 1. The van der Waals surface area contributed by atoms with Crippen molar-refractivity contribution in [3.05, 3.63) is 0 Å². The monoisotopic (exact) mass is 217 g/mol. The lowest BCUT2D eigenvalue weighted by molar-refractivity contribution is -0.149. The summed E-state index contributed by atoms with van der Waals surface area (Å²) in [6.45, 7) is 8.39. The third-order valence-electron chi connectivity index (χ3n) is 1.63. The maximum Gasteiger partial charge on any atom is 0.328 e. The van der Waals surface area contributed by atoms with Gasteiger partial charge in [0.05, 0.1) is 11.7 Å². The van der Waals surface area contributed by atoms with Crippen LogP contribution in [0.1, 0.15) is 34.6 Å². The quantitative estimate of drug-likeness (QED) is 0.729. The summed E-state index contributed by atoms with van der Waals surface area (Å²) >= 11 is 0. The fourth-order valence-corrected chi connectivity index (χ4v) is 1.22. The molecule has 0 saturated heterocycles. The number of hydrogen-bond acceptors (Lipinski definition) is 3. The molecule has 0 heterocycles. The third-order valence-corrected chi connectivity index (χ3v) is 1.63. The van der Waals surface area contributed by atoms with Crippen LogP contribution in [-0.2, 0) is 14.3 Å². The summed E-state index contributed by atoms with van der Waals surface area (Å²) < 4.78 is 5.47. The first kappa shape index (κ1) is 13.9. The van der Waals surface area contributed by atoms with Crippen LogP contribution in [0, 0.1) is 0 Å². The molecule has 5 nitrogen and oxygen atoms in total. The van der Waals surface area contributed by atoms with Gasteiger partial charge in [0.1, 0.15) is 0 Å². The van der Waals surface area contributed by atoms with E-state index in [1.165, 1.54) is 6.92 Å². The van der Waals surface area contributed by atoms with Gasteiger partial charge in [-0.2, -0.15) is 0 Å². The average molecular weight is 217 g/mol. The summed E-state index contributed by atoms with van der Waals surface area (Å²) in [6, 6.07) is -1.01. The van der Waals surface area contributed by atoms with Gasteiger partial charge in [-0.1, -0.05) is 0 Å². The van der Waals surface area contributed by atoms with Crippen molar-refractivity contribution in [2.24, 2.45) is 0 Å². The Balaban J connectivity index is 4.49. The third kappa shape index (κ3) is 6.06. The summed E-state index contributed by atoms with van der Waals surface area (Å²) in [4.78, 5) is 21.7. The van der Waals surface area contributed by atoms with E-state index in [9.17, 15) is 9.59 Å². The Labute approximate surface area is 89.8 Å². The summed E-state index contributed by atoms with van der Waals surface area (Å²) in [7, 11) is 0. The second-order valence-corrected chi connectivity index (χ2v) is 4.45. The van der Waals surface area contributed by atoms with Crippen molar-refractivity contribution in [2.45, 2.75) is 52.4 Å². The number of carboxylic acids is 1. The Morgan fingerprint density at radius 1 is 1.33 bits per heavy atom. The number of nitrogens with one attached hydrogen (secondary N) is 1. The predicted octanol–water partition coefficient (Wildman–Crippen LogP) is 0.779. The maximum atomic E-state index is 10.9. The van der Waals surface area contributed by atoms with E-state index in [1.807, 2.05) is 20.8 Å². The van der Waals surface area contributed by atoms with Crippen LogP contribution >= 0.6 is 0 Å². The maximum absolute atomic E-state index is 10.9. The summed E-state index contributed by atoms with van der Waals surface area (Å²) in [6.07, 6.45) is -0.577. The van der Waals surface area contributed by atoms with Gasteiger partial charge in [0, 0.05) is 6.92 Å². The number of rotatable bonds is 4. The van der Waals surface area contributed by atoms with Crippen LogP contribution in [0.15, 0.2) is 0 Å². The molecule has 0 aromatic rings. The molecule has 15 heavy (non-hydrogen) atoms. The van der Waals surface area contributed by atoms with E-state index in [4.69, 9.17) is 9.84 Å². The van der Waals surface area contributed by atoms with Gasteiger partial charge >= 0.3 is 5.97 Å². The first-order chi connectivity index (χ1) is 6.63. The van der Waals surface area contributed by atoms with Gasteiger partial charge in [0.2, 0.25) is 5.91 Å². The highest BCUT2D eigenvalue weighted by molar-refractivity contribution is 5.82. The summed E-state index contributed by atoms with van der Waals surface area (Å²) in [5, 5.41) is 11.2. The lowest BCUT2D eigenvalue weighted by Crippen LogP contribution is -2.49. The average Bonchev–Trinajstić information content (AvgIpc) is 1.95. The Bertz CT molecular complexity index is 244. The zero-order chi connectivity index (χ0) is 12.2. The highest BCUT2D eigenvalue weighted by atomic mass is 16.5. The van der Waals surface area contributed by atoms with Crippen molar-refractivity contribution in [3.63, 3.8) is 0 Å². The minimum atomic E-state index is -1.10. The lowest BCUT2D eigenvalue weighted by atomic mass is 10.1. The molecule has 0 aromatic heterocycles. The van der Waals surface area contributed by atoms with Crippen molar-refractivity contribution < 1.29 is 19.4 Å². The molecule has 0 unspecified atom stereocenters. The van der Waals surface area contributed by atoms with Crippen molar-refractivity contribution in [1.82, 2.24) is 5.32 Å². The van der Waals surface area contributed by atoms with Crippen LogP contribution in [0.25, 0.3) is 0 Å². The zero-order valence-corrected chi connectivity index (χ0v) is 9.83. The zero-order valence-electron chi connectivity index (χ0n) is 9.83. The Morgan fingerprint density at radius 3 is 2.07 bits per heavy atom. The highest BCUT2D eigenvalue weighted by Gasteiger charge is 2.29. The summed E-state index contributed by atoms with van der Waals surface area (Å²) in [5.41, 5.74) is -0.439. The van der Waals surface area contributed by atoms with E-state index < -0.39 is 23.7 Å². The van der Waals surface area contributed by atoms with Gasteiger partial charge in [0.15, 0.2) is 6.04 Å². The van der Waals surface area contributed by atoms with Crippen molar-refractivity contribution in [1.29, 1.82) is 0 Å². The fraction of sp³-hybridized carbons (Fsp3) is 0.800. The summed E-state index contributed by atoms with van der Waals surface area (Å²) in [5.74, 6) is -1.48. The standard InChI is InChI=1S/C10H19NO4/c1-6(15-10(3,4)5)8(9(13)14)11-7(2)12/h6,8H,1-5H3,(H,11,12)(H,13,14)/t6-,8+/m0/s1. The Morgan fingerprint density at radius 2 is 1.80 bits per heavy atom. The Hall–Kier alpha value is -1.10. The molecule has 0 aliphatic rings. The number of hydrogen-bond donors (Lipinski definition) is 2. The van der Waals surface area contributed by atoms with Crippen LogP contribution in [0.3, 0.4) is 0 Å².